The predicted octanol–water partition coefficient (Wildman–Crippen LogP) is 2.38. The molecule has 2 aliphatic rings. The third-order valence-corrected chi connectivity index (χ3v) is 6.40. The fraction of sp³-hybridized carbons (Fsp3) is 0.588. The maximum atomic E-state index is 12.5. The Balaban J connectivity index is 1.37. The van der Waals surface area contributed by atoms with Gasteiger partial charge in [0.2, 0.25) is 5.89 Å². The van der Waals surface area contributed by atoms with Gasteiger partial charge in [-0.1, -0.05) is 16.8 Å². The van der Waals surface area contributed by atoms with Crippen molar-refractivity contribution in [3.63, 3.8) is 0 Å². The Morgan fingerprint density at radius 3 is 2.85 bits per heavy atom. The number of hydrogen-bond acceptors (Lipinski definition) is 7. The fourth-order valence-electron chi connectivity index (χ4n) is 3.56. The Hall–Kier alpha value is -1.48. The maximum Gasteiger partial charge on any atom is 0.263 e. The molecule has 1 amide bonds. The van der Waals surface area contributed by atoms with Crippen LogP contribution in [0.25, 0.3) is 0 Å². The zero-order valence-corrected chi connectivity index (χ0v) is 16.2. The summed E-state index contributed by atoms with van der Waals surface area (Å²) in [6.07, 6.45) is 1.68. The number of piperazine rings is 1. The summed E-state index contributed by atoms with van der Waals surface area (Å²) in [4.78, 5) is 22.0. The van der Waals surface area contributed by atoms with Crippen LogP contribution in [0.2, 0.25) is 4.34 Å². The highest BCUT2D eigenvalue weighted by Crippen LogP contribution is 2.30. The number of carbonyl (C=O) groups is 1. The highest BCUT2D eigenvalue weighted by atomic mass is 35.5. The van der Waals surface area contributed by atoms with Gasteiger partial charge in [0.25, 0.3) is 5.91 Å². The zero-order valence-electron chi connectivity index (χ0n) is 14.7. The first-order valence-corrected chi connectivity index (χ1v) is 10.1. The van der Waals surface area contributed by atoms with E-state index in [1.165, 1.54) is 11.3 Å². The van der Waals surface area contributed by atoms with E-state index in [2.05, 4.69) is 27.4 Å². The summed E-state index contributed by atoms with van der Waals surface area (Å²) in [5.41, 5.74) is 0. The van der Waals surface area contributed by atoms with Crippen LogP contribution in [-0.4, -0.2) is 65.6 Å². The number of nitrogens with zero attached hydrogens (tertiary/aromatic N) is 4. The highest BCUT2D eigenvalue weighted by molar-refractivity contribution is 7.17. The molecule has 0 aromatic carbocycles. The summed E-state index contributed by atoms with van der Waals surface area (Å²) in [6.45, 7) is 4.19. The van der Waals surface area contributed by atoms with E-state index in [4.69, 9.17) is 16.1 Å². The summed E-state index contributed by atoms with van der Waals surface area (Å²) >= 11 is 7.26. The van der Waals surface area contributed by atoms with E-state index in [0.29, 0.717) is 28.2 Å². The minimum atomic E-state index is 0.0569. The minimum Gasteiger partial charge on any atom is -0.339 e. The molecule has 2 aliphatic heterocycles. The second-order valence-electron chi connectivity index (χ2n) is 6.86. The number of amides is 1. The van der Waals surface area contributed by atoms with Crippen LogP contribution in [0.3, 0.4) is 0 Å². The minimum absolute atomic E-state index is 0.0569. The van der Waals surface area contributed by atoms with Gasteiger partial charge in [0.1, 0.15) is 0 Å². The Morgan fingerprint density at radius 1 is 1.35 bits per heavy atom. The topological polar surface area (TPSA) is 74.5 Å². The van der Waals surface area contributed by atoms with Gasteiger partial charge in [-0.3, -0.25) is 9.69 Å². The van der Waals surface area contributed by atoms with Gasteiger partial charge in [0.05, 0.1) is 15.3 Å². The molecule has 9 heteroatoms. The van der Waals surface area contributed by atoms with Crippen LogP contribution >= 0.6 is 22.9 Å². The number of halogens is 1. The summed E-state index contributed by atoms with van der Waals surface area (Å²) in [7, 11) is 2.09. The molecule has 4 rings (SSSR count). The molecule has 7 nitrogen and oxygen atoms in total. The number of piperidine rings is 1. The maximum absolute atomic E-state index is 12.5. The highest BCUT2D eigenvalue weighted by Gasteiger charge is 2.31. The lowest BCUT2D eigenvalue weighted by Gasteiger charge is -2.31. The molecule has 1 unspecified atom stereocenters. The van der Waals surface area contributed by atoms with E-state index in [-0.39, 0.29) is 17.9 Å². The van der Waals surface area contributed by atoms with Crippen molar-refractivity contribution in [1.29, 1.82) is 0 Å². The Morgan fingerprint density at radius 2 is 2.15 bits per heavy atom. The van der Waals surface area contributed by atoms with Crippen LogP contribution in [0.5, 0.6) is 0 Å². The number of likely N-dealkylation sites (tertiary alicyclic amines) is 1. The monoisotopic (exact) mass is 395 g/mol. The lowest BCUT2D eigenvalue weighted by Crippen LogP contribution is -2.44. The number of thiophene rings is 1. The first kappa shape index (κ1) is 17.9. The second-order valence-corrected chi connectivity index (χ2v) is 8.58. The standard InChI is InChI=1S/C17H22ClN5O2S/c1-22-9-6-19-10-12(22)15-20-16(25-21-15)11-4-7-23(8-5-11)17(24)13-2-3-14(18)26-13/h2-3,11-12,19H,4-10H2,1H3. The molecule has 0 saturated carbocycles. The van der Waals surface area contributed by atoms with Gasteiger partial charge in [0, 0.05) is 38.6 Å². The normalized spacial score (nSPS) is 22.7. The van der Waals surface area contributed by atoms with Crippen LogP contribution in [0.1, 0.15) is 46.2 Å². The molecule has 0 bridgehead atoms. The van der Waals surface area contributed by atoms with Crippen molar-refractivity contribution in [3.05, 3.63) is 33.1 Å². The van der Waals surface area contributed by atoms with E-state index >= 15 is 0 Å². The van der Waals surface area contributed by atoms with Crippen LogP contribution in [0.15, 0.2) is 16.7 Å². The van der Waals surface area contributed by atoms with Crippen molar-refractivity contribution in [2.45, 2.75) is 24.8 Å². The molecular formula is C17H22ClN5O2S. The van der Waals surface area contributed by atoms with E-state index < -0.39 is 0 Å². The van der Waals surface area contributed by atoms with Gasteiger partial charge in [-0.2, -0.15) is 4.98 Å². The molecule has 2 aromatic heterocycles. The quantitative estimate of drug-likeness (QED) is 0.860. The van der Waals surface area contributed by atoms with E-state index in [1.807, 2.05) is 4.90 Å². The molecule has 4 heterocycles. The van der Waals surface area contributed by atoms with Gasteiger partial charge in [-0.05, 0) is 32.0 Å². The molecule has 26 heavy (non-hydrogen) atoms. The molecule has 2 aromatic rings. The lowest BCUT2D eigenvalue weighted by atomic mass is 9.96. The smallest absolute Gasteiger partial charge is 0.263 e. The van der Waals surface area contributed by atoms with Crippen molar-refractivity contribution >= 4 is 28.8 Å². The van der Waals surface area contributed by atoms with Gasteiger partial charge < -0.3 is 14.7 Å². The van der Waals surface area contributed by atoms with Crippen LogP contribution in [0, 0.1) is 0 Å². The number of nitrogens with one attached hydrogen (secondary N) is 1. The van der Waals surface area contributed by atoms with Crippen molar-refractivity contribution in [2.75, 3.05) is 39.8 Å². The number of aromatic nitrogens is 2. The predicted molar refractivity (Wildman–Crippen MR) is 99.7 cm³/mol. The lowest BCUT2D eigenvalue weighted by molar-refractivity contribution is 0.0709. The van der Waals surface area contributed by atoms with Gasteiger partial charge in [0.15, 0.2) is 5.82 Å². The fourth-order valence-corrected chi connectivity index (χ4v) is 4.57. The zero-order chi connectivity index (χ0) is 18.1. The van der Waals surface area contributed by atoms with Crippen LogP contribution in [-0.2, 0) is 0 Å². The third-order valence-electron chi connectivity index (χ3n) is 5.18. The van der Waals surface area contributed by atoms with Crippen molar-refractivity contribution in [2.24, 2.45) is 0 Å². The molecule has 1 atom stereocenters. The molecule has 2 fully saturated rings. The average molecular weight is 396 g/mol. The summed E-state index contributed by atoms with van der Waals surface area (Å²) in [5.74, 6) is 1.72. The molecule has 0 aliphatic carbocycles. The Labute approximate surface area is 161 Å². The first-order valence-electron chi connectivity index (χ1n) is 8.91. The molecule has 140 valence electrons. The number of hydrogen-bond donors (Lipinski definition) is 1. The molecule has 0 radical (unpaired) electrons. The second kappa shape index (κ2) is 7.64. The number of carbonyl (C=O) groups excluding carboxylic acids is 1. The molecular weight excluding hydrogens is 374 g/mol. The van der Waals surface area contributed by atoms with Crippen LogP contribution in [0.4, 0.5) is 0 Å². The summed E-state index contributed by atoms with van der Waals surface area (Å²) < 4.78 is 6.20. The van der Waals surface area contributed by atoms with Crippen molar-refractivity contribution in [3.8, 4) is 0 Å². The summed E-state index contributed by atoms with van der Waals surface area (Å²) in [6, 6.07) is 3.72. The summed E-state index contributed by atoms with van der Waals surface area (Å²) in [5, 5.41) is 7.58. The average Bonchev–Trinajstić information content (AvgIpc) is 3.31. The van der Waals surface area contributed by atoms with E-state index in [1.54, 1.807) is 12.1 Å². The molecule has 2 saturated heterocycles. The van der Waals surface area contributed by atoms with Gasteiger partial charge in [-0.15, -0.1) is 11.3 Å². The van der Waals surface area contributed by atoms with Gasteiger partial charge in [-0.25, -0.2) is 0 Å². The first-order chi connectivity index (χ1) is 12.6. The van der Waals surface area contributed by atoms with Crippen molar-refractivity contribution in [1.82, 2.24) is 25.3 Å². The third kappa shape index (κ3) is 3.64. The number of likely N-dealkylation sites (N-methyl/N-ethyl adjacent to an activating group) is 1. The molecule has 1 N–H and O–H groups in total. The molecule has 0 spiro atoms. The largest absolute Gasteiger partial charge is 0.339 e. The van der Waals surface area contributed by atoms with Crippen molar-refractivity contribution < 1.29 is 9.32 Å². The van der Waals surface area contributed by atoms with Crippen LogP contribution < -0.4 is 5.32 Å². The van der Waals surface area contributed by atoms with Gasteiger partial charge >= 0.3 is 0 Å². The Kier molecular flexibility index (Phi) is 5.26. The van der Waals surface area contributed by atoms with E-state index in [0.717, 1.165) is 38.3 Å². The van der Waals surface area contributed by atoms with E-state index in [9.17, 15) is 4.79 Å². The Bertz CT molecular complexity index is 771. The number of rotatable bonds is 3. The SMILES string of the molecule is CN1CCNCC1c1noc(C2CCN(C(=O)c3ccc(Cl)s3)CC2)n1.